The van der Waals surface area contributed by atoms with E-state index in [1.807, 2.05) is 29.8 Å². The summed E-state index contributed by atoms with van der Waals surface area (Å²) in [6, 6.07) is 6.75. The molecule has 0 atom stereocenters. The Morgan fingerprint density at radius 3 is 2.82 bits per heavy atom. The molecule has 0 bridgehead atoms. The number of amides is 1. The zero-order chi connectivity index (χ0) is 16.2. The molecule has 1 N–H and O–H groups in total. The Kier molecular flexibility index (Phi) is 5.36. The third-order valence-corrected chi connectivity index (χ3v) is 5.16. The summed E-state index contributed by atoms with van der Waals surface area (Å²) in [7, 11) is -1.07. The highest BCUT2D eigenvalue weighted by Crippen LogP contribution is 2.16. The van der Waals surface area contributed by atoms with Crippen LogP contribution in [0.25, 0.3) is 10.9 Å². The Hall–Kier alpha value is -1.66. The minimum atomic E-state index is -1.07. The molecule has 0 fully saturated rings. The molecule has 0 aliphatic rings. The molecule has 5 nitrogen and oxygen atoms in total. The third-order valence-electron chi connectivity index (χ3n) is 3.45. The van der Waals surface area contributed by atoms with Crippen LogP contribution in [0.2, 0.25) is 25.7 Å². The van der Waals surface area contributed by atoms with E-state index in [1.54, 1.807) is 6.20 Å². The molecule has 0 aliphatic heterocycles. The largest absolute Gasteiger partial charge is 0.360 e. The first kappa shape index (κ1) is 16.7. The maximum atomic E-state index is 11.9. The van der Waals surface area contributed by atoms with Crippen molar-refractivity contribution >= 4 is 24.9 Å². The summed E-state index contributed by atoms with van der Waals surface area (Å²) in [5.41, 5.74) is 1.58. The van der Waals surface area contributed by atoms with Crippen LogP contribution < -0.4 is 5.32 Å². The van der Waals surface area contributed by atoms with Crippen molar-refractivity contribution in [3.05, 3.63) is 30.0 Å². The Morgan fingerprint density at radius 2 is 2.14 bits per heavy atom. The van der Waals surface area contributed by atoms with Crippen molar-refractivity contribution < 1.29 is 9.53 Å². The molecule has 1 aromatic heterocycles. The lowest BCUT2D eigenvalue weighted by molar-refractivity contribution is 0.0816. The Bertz CT molecular complexity index is 646. The summed E-state index contributed by atoms with van der Waals surface area (Å²) in [4.78, 5) is 11.9. The third kappa shape index (κ3) is 4.41. The number of carbonyl (C=O) groups excluding carboxylic acids is 1. The monoisotopic (exact) mass is 319 g/mol. The number of fused-ring (bicyclic) bond motifs is 1. The standard InChI is InChI=1S/C16H25N3O2Si/c1-5-17-16(20)13-6-7-14-11-18-19(15(14)10-13)12-21-8-9-22(2,3)4/h6-7,10-11H,5,8-9,12H2,1-4H3,(H,17,20). The molecule has 1 amide bonds. The lowest BCUT2D eigenvalue weighted by Gasteiger charge is -2.15. The minimum absolute atomic E-state index is 0.0585. The van der Waals surface area contributed by atoms with Gasteiger partial charge in [0.25, 0.3) is 5.91 Å². The van der Waals surface area contributed by atoms with E-state index in [-0.39, 0.29) is 5.91 Å². The molecule has 0 radical (unpaired) electrons. The summed E-state index contributed by atoms with van der Waals surface area (Å²) in [6.45, 7) is 10.7. The summed E-state index contributed by atoms with van der Waals surface area (Å²) >= 11 is 0. The fourth-order valence-corrected chi connectivity index (χ4v) is 2.86. The molecule has 1 heterocycles. The maximum Gasteiger partial charge on any atom is 0.251 e. The molecule has 0 spiro atoms. The van der Waals surface area contributed by atoms with Crippen molar-refractivity contribution in [3.63, 3.8) is 0 Å². The molecule has 0 aliphatic carbocycles. The number of hydrogen-bond donors (Lipinski definition) is 1. The first-order chi connectivity index (χ1) is 10.4. The van der Waals surface area contributed by atoms with E-state index in [0.717, 1.165) is 23.6 Å². The second-order valence-electron chi connectivity index (χ2n) is 6.63. The number of hydrogen-bond acceptors (Lipinski definition) is 3. The predicted molar refractivity (Wildman–Crippen MR) is 91.8 cm³/mol. The topological polar surface area (TPSA) is 56.2 Å². The van der Waals surface area contributed by atoms with Gasteiger partial charge in [0.2, 0.25) is 0 Å². The lowest BCUT2D eigenvalue weighted by Crippen LogP contribution is -2.22. The Balaban J connectivity index is 2.07. The van der Waals surface area contributed by atoms with Crippen molar-refractivity contribution in [2.24, 2.45) is 0 Å². The van der Waals surface area contributed by atoms with Crippen LogP contribution >= 0.6 is 0 Å². The molecular formula is C16H25N3O2Si. The number of ether oxygens (including phenoxy) is 1. The van der Waals surface area contributed by atoms with Gasteiger partial charge in [0, 0.05) is 32.2 Å². The normalized spacial score (nSPS) is 11.8. The van der Waals surface area contributed by atoms with Crippen LogP contribution in [0, 0.1) is 0 Å². The van der Waals surface area contributed by atoms with Gasteiger partial charge in [0.05, 0.1) is 11.7 Å². The smallest absolute Gasteiger partial charge is 0.251 e. The number of rotatable bonds is 7. The van der Waals surface area contributed by atoms with E-state index in [2.05, 4.69) is 30.1 Å². The fraction of sp³-hybridized carbons (Fsp3) is 0.500. The van der Waals surface area contributed by atoms with Crippen molar-refractivity contribution in [1.29, 1.82) is 0 Å². The predicted octanol–water partition coefficient (Wildman–Crippen LogP) is 3.10. The van der Waals surface area contributed by atoms with Gasteiger partial charge >= 0.3 is 0 Å². The van der Waals surface area contributed by atoms with Crippen LogP contribution in [-0.2, 0) is 11.5 Å². The van der Waals surface area contributed by atoms with Gasteiger partial charge in [-0.15, -0.1) is 0 Å². The highest BCUT2D eigenvalue weighted by Gasteiger charge is 2.13. The SMILES string of the molecule is CCNC(=O)c1ccc2cnn(COCC[Si](C)(C)C)c2c1. The van der Waals surface area contributed by atoms with Crippen molar-refractivity contribution in [3.8, 4) is 0 Å². The maximum absolute atomic E-state index is 11.9. The molecule has 2 aromatic rings. The fourth-order valence-electron chi connectivity index (χ4n) is 2.11. The summed E-state index contributed by atoms with van der Waals surface area (Å²) < 4.78 is 7.55. The number of aromatic nitrogens is 2. The summed E-state index contributed by atoms with van der Waals surface area (Å²) in [6.07, 6.45) is 1.80. The molecule has 22 heavy (non-hydrogen) atoms. The van der Waals surface area contributed by atoms with E-state index in [0.29, 0.717) is 18.8 Å². The number of nitrogens with one attached hydrogen (secondary N) is 1. The molecule has 0 unspecified atom stereocenters. The summed E-state index contributed by atoms with van der Waals surface area (Å²) in [5.74, 6) is -0.0585. The van der Waals surface area contributed by atoms with Crippen LogP contribution in [-0.4, -0.2) is 36.9 Å². The molecule has 120 valence electrons. The van der Waals surface area contributed by atoms with E-state index in [9.17, 15) is 4.79 Å². The zero-order valence-electron chi connectivity index (χ0n) is 13.8. The van der Waals surface area contributed by atoms with E-state index in [1.165, 1.54) is 0 Å². The minimum Gasteiger partial charge on any atom is -0.360 e. The molecular weight excluding hydrogens is 294 g/mol. The molecule has 0 saturated carbocycles. The molecule has 1 aromatic carbocycles. The number of carbonyl (C=O) groups is 1. The van der Waals surface area contributed by atoms with Crippen molar-refractivity contribution in [2.75, 3.05) is 13.2 Å². The van der Waals surface area contributed by atoms with E-state index >= 15 is 0 Å². The van der Waals surface area contributed by atoms with Crippen molar-refractivity contribution in [1.82, 2.24) is 15.1 Å². The Labute approximate surface area is 132 Å². The van der Waals surface area contributed by atoms with E-state index in [4.69, 9.17) is 4.74 Å². The first-order valence-corrected chi connectivity index (χ1v) is 11.4. The van der Waals surface area contributed by atoms with Gasteiger partial charge in [-0.2, -0.15) is 5.10 Å². The van der Waals surface area contributed by atoms with Gasteiger partial charge in [-0.05, 0) is 25.1 Å². The quantitative estimate of drug-likeness (QED) is 0.630. The van der Waals surface area contributed by atoms with Gasteiger partial charge in [-0.1, -0.05) is 25.7 Å². The number of benzene rings is 1. The van der Waals surface area contributed by atoms with Crippen LogP contribution in [0.1, 0.15) is 17.3 Å². The van der Waals surface area contributed by atoms with Crippen molar-refractivity contribution in [2.45, 2.75) is 39.3 Å². The van der Waals surface area contributed by atoms with Crippen LogP contribution in [0.3, 0.4) is 0 Å². The average molecular weight is 319 g/mol. The second-order valence-corrected chi connectivity index (χ2v) is 12.2. The molecule has 6 heteroatoms. The van der Waals surface area contributed by atoms with Gasteiger partial charge in [0.1, 0.15) is 6.73 Å². The van der Waals surface area contributed by atoms with Gasteiger partial charge in [-0.3, -0.25) is 4.79 Å². The highest BCUT2D eigenvalue weighted by atomic mass is 28.3. The Morgan fingerprint density at radius 1 is 1.36 bits per heavy atom. The van der Waals surface area contributed by atoms with Crippen LogP contribution in [0.4, 0.5) is 0 Å². The van der Waals surface area contributed by atoms with Crippen LogP contribution in [0.5, 0.6) is 0 Å². The highest BCUT2D eigenvalue weighted by molar-refractivity contribution is 6.76. The molecule has 0 saturated heterocycles. The average Bonchev–Trinajstić information content (AvgIpc) is 2.85. The van der Waals surface area contributed by atoms with Gasteiger partial charge in [0.15, 0.2) is 0 Å². The van der Waals surface area contributed by atoms with Gasteiger partial charge < -0.3 is 10.1 Å². The summed E-state index contributed by atoms with van der Waals surface area (Å²) in [5, 5.41) is 8.17. The molecule has 2 rings (SSSR count). The second kappa shape index (κ2) is 7.06. The van der Waals surface area contributed by atoms with E-state index < -0.39 is 8.07 Å². The lowest BCUT2D eigenvalue weighted by atomic mass is 10.1. The number of nitrogens with zero attached hydrogens (tertiary/aromatic N) is 2. The van der Waals surface area contributed by atoms with Gasteiger partial charge in [-0.25, -0.2) is 4.68 Å². The zero-order valence-corrected chi connectivity index (χ0v) is 14.8. The first-order valence-electron chi connectivity index (χ1n) is 7.72. The van der Waals surface area contributed by atoms with Crippen LogP contribution in [0.15, 0.2) is 24.4 Å².